The Morgan fingerprint density at radius 2 is 1.64 bits per heavy atom. The number of aromatic nitrogens is 4. The number of sulfonamides is 1. The highest BCUT2D eigenvalue weighted by Crippen LogP contribution is 2.42. The molecule has 3 fully saturated rings. The van der Waals surface area contributed by atoms with Crippen molar-refractivity contribution in [2.75, 3.05) is 51.1 Å². The Morgan fingerprint density at radius 3 is 2.29 bits per heavy atom. The molecule has 0 unspecified atom stereocenters. The molecule has 1 amide bonds. The van der Waals surface area contributed by atoms with Gasteiger partial charge in [-0.05, 0) is 101 Å². The fourth-order valence-corrected chi connectivity index (χ4v) is 9.73. The largest absolute Gasteiger partial charge is 0.445 e. The van der Waals surface area contributed by atoms with E-state index in [2.05, 4.69) is 25.3 Å². The summed E-state index contributed by atoms with van der Waals surface area (Å²) < 4.78 is 92.6. The number of piperidine rings is 3. The summed E-state index contributed by atoms with van der Waals surface area (Å²) in [6.45, 7) is 8.14. The van der Waals surface area contributed by atoms with E-state index in [9.17, 15) is 31.5 Å². The number of benzene rings is 2. The van der Waals surface area contributed by atoms with E-state index >= 15 is 4.39 Å². The van der Waals surface area contributed by atoms with Crippen LogP contribution in [0.25, 0.3) is 11.3 Å². The highest BCUT2D eigenvalue weighted by atomic mass is 32.2. The molecule has 18 heteroatoms. The van der Waals surface area contributed by atoms with Gasteiger partial charge in [-0.1, -0.05) is 30.3 Å². The van der Waals surface area contributed by atoms with Crippen molar-refractivity contribution in [3.05, 3.63) is 84.1 Å². The van der Waals surface area contributed by atoms with Crippen LogP contribution < -0.4 is 5.32 Å². The predicted molar refractivity (Wildman–Crippen MR) is 211 cm³/mol. The molecule has 2 N–H and O–H groups in total. The Kier molecular flexibility index (Phi) is 12.3. The number of carbonyl (C=O) groups excluding carboxylic acids is 1. The molecule has 3 saturated heterocycles. The molecule has 3 aliphatic heterocycles. The Bertz CT molecular complexity index is 2190. The van der Waals surface area contributed by atoms with E-state index in [1.807, 2.05) is 35.2 Å². The smallest absolute Gasteiger partial charge is 0.419 e. The highest BCUT2D eigenvalue weighted by molar-refractivity contribution is 7.89. The zero-order chi connectivity index (χ0) is 42.0. The number of nitrogens with zero attached hydrogens (tertiary/aromatic N) is 7. The Labute approximate surface area is 341 Å². The molecular formula is C41H50F4N8O5S. The number of hydrogen-bond donors (Lipinski definition) is 2. The van der Waals surface area contributed by atoms with Crippen LogP contribution in [0.4, 0.5) is 34.0 Å². The van der Waals surface area contributed by atoms with Crippen molar-refractivity contribution in [1.82, 2.24) is 33.9 Å². The monoisotopic (exact) mass is 842 g/mol. The highest BCUT2D eigenvalue weighted by Gasteiger charge is 2.40. The molecule has 13 nitrogen and oxygen atoms in total. The first-order chi connectivity index (χ1) is 28.0. The first kappa shape index (κ1) is 42.5. The third-order valence-corrected chi connectivity index (χ3v) is 13.6. The molecule has 3 aliphatic rings. The SMILES string of the molecule is CC(C)(O)Cn1cc(-c2nc(Nc3ccc(S(=O)(=O)N4CCC(CN5CCC6(CC5)CCN(C(=O)OCc5ccccc5)CC6)CC4)cc3F)ncc2C(F)(F)F)cn1. The average Bonchev–Trinajstić information content (AvgIpc) is 3.66. The van der Waals surface area contributed by atoms with Crippen LogP contribution in [0.15, 0.2) is 72.0 Å². The second-order valence-electron chi connectivity index (χ2n) is 16.6. The predicted octanol–water partition coefficient (Wildman–Crippen LogP) is 6.93. The Morgan fingerprint density at radius 1 is 0.966 bits per heavy atom. The molecule has 2 aromatic heterocycles. The van der Waals surface area contributed by atoms with E-state index in [-0.39, 0.29) is 46.8 Å². The fourth-order valence-electron chi connectivity index (χ4n) is 8.25. The summed E-state index contributed by atoms with van der Waals surface area (Å²) in [7, 11) is -4.02. The molecule has 0 saturated carbocycles. The number of aliphatic hydroxyl groups is 1. The van der Waals surface area contributed by atoms with Crippen LogP contribution in [-0.4, -0.2) is 105 Å². The van der Waals surface area contributed by atoms with Crippen LogP contribution in [0.2, 0.25) is 0 Å². The second-order valence-corrected chi connectivity index (χ2v) is 18.6. The van der Waals surface area contributed by atoms with Crippen molar-refractivity contribution in [3.8, 4) is 11.3 Å². The summed E-state index contributed by atoms with van der Waals surface area (Å²) in [6, 6.07) is 13.0. The Hall–Kier alpha value is -4.65. The van der Waals surface area contributed by atoms with Crippen LogP contribution in [0.5, 0.6) is 0 Å². The summed E-state index contributed by atoms with van der Waals surface area (Å²) in [5, 5.41) is 16.7. The van der Waals surface area contributed by atoms with Gasteiger partial charge in [0.05, 0.1) is 34.6 Å². The molecule has 1 spiro atoms. The molecule has 318 valence electrons. The molecule has 0 aliphatic carbocycles. The number of nitrogens with one attached hydrogen (secondary N) is 1. The maximum absolute atomic E-state index is 15.4. The summed E-state index contributed by atoms with van der Waals surface area (Å²) in [5.41, 5.74) is -1.83. The van der Waals surface area contributed by atoms with Gasteiger partial charge in [0, 0.05) is 50.7 Å². The van der Waals surface area contributed by atoms with Crippen LogP contribution >= 0.6 is 0 Å². The van der Waals surface area contributed by atoms with Gasteiger partial charge in [0.15, 0.2) is 0 Å². The van der Waals surface area contributed by atoms with Crippen molar-refractivity contribution >= 4 is 27.8 Å². The van der Waals surface area contributed by atoms with Gasteiger partial charge in [-0.15, -0.1) is 0 Å². The van der Waals surface area contributed by atoms with E-state index in [0.717, 1.165) is 56.9 Å². The third-order valence-electron chi connectivity index (χ3n) is 11.7. The van der Waals surface area contributed by atoms with Crippen molar-refractivity contribution in [3.63, 3.8) is 0 Å². The maximum Gasteiger partial charge on any atom is 0.419 e. The van der Waals surface area contributed by atoms with Crippen LogP contribution in [0.1, 0.15) is 63.5 Å². The molecule has 2 aromatic carbocycles. The fraction of sp³-hybridized carbons (Fsp3) is 0.512. The quantitative estimate of drug-likeness (QED) is 0.153. The zero-order valence-corrected chi connectivity index (χ0v) is 34.0. The number of carbonyl (C=O) groups is 1. The van der Waals surface area contributed by atoms with E-state index < -0.39 is 38.9 Å². The summed E-state index contributed by atoms with van der Waals surface area (Å²) in [4.78, 5) is 24.5. The van der Waals surface area contributed by atoms with E-state index in [0.29, 0.717) is 51.1 Å². The van der Waals surface area contributed by atoms with E-state index in [1.54, 1.807) is 0 Å². The molecule has 59 heavy (non-hydrogen) atoms. The first-order valence-electron chi connectivity index (χ1n) is 19.9. The molecule has 0 atom stereocenters. The van der Waals surface area contributed by atoms with Crippen molar-refractivity contribution < 1.29 is 40.6 Å². The number of amides is 1. The van der Waals surface area contributed by atoms with Crippen LogP contribution in [-0.2, 0) is 34.1 Å². The lowest BCUT2D eigenvalue weighted by molar-refractivity contribution is -0.137. The van der Waals surface area contributed by atoms with E-state index in [1.165, 1.54) is 47.4 Å². The minimum Gasteiger partial charge on any atom is -0.445 e. The average molecular weight is 843 g/mol. The van der Waals surface area contributed by atoms with Gasteiger partial charge >= 0.3 is 12.3 Å². The van der Waals surface area contributed by atoms with Crippen molar-refractivity contribution in [2.24, 2.45) is 11.3 Å². The molecular weight excluding hydrogens is 793 g/mol. The summed E-state index contributed by atoms with van der Waals surface area (Å²) >= 11 is 0. The van der Waals surface area contributed by atoms with Gasteiger partial charge in [-0.2, -0.15) is 22.6 Å². The normalized spacial score (nSPS) is 18.6. The van der Waals surface area contributed by atoms with Crippen LogP contribution in [0, 0.1) is 17.2 Å². The second kappa shape index (κ2) is 17.1. The number of anilines is 2. The number of hydrogen-bond acceptors (Lipinski definition) is 10. The molecule has 7 rings (SSSR count). The van der Waals surface area contributed by atoms with Gasteiger partial charge in [0.2, 0.25) is 16.0 Å². The number of rotatable bonds is 11. The molecule has 0 radical (unpaired) electrons. The number of ether oxygens (including phenoxy) is 1. The molecule has 0 bridgehead atoms. The van der Waals surface area contributed by atoms with E-state index in [4.69, 9.17) is 4.74 Å². The van der Waals surface area contributed by atoms with Crippen LogP contribution in [0.3, 0.4) is 0 Å². The lowest BCUT2D eigenvalue weighted by Crippen LogP contribution is -2.49. The topological polar surface area (TPSA) is 146 Å². The lowest BCUT2D eigenvalue weighted by Gasteiger charge is -2.47. The maximum atomic E-state index is 15.4. The zero-order valence-electron chi connectivity index (χ0n) is 33.2. The molecule has 5 heterocycles. The minimum absolute atomic E-state index is 0.00914. The van der Waals surface area contributed by atoms with Gasteiger partial charge in [-0.25, -0.2) is 27.6 Å². The van der Waals surface area contributed by atoms with Gasteiger partial charge in [0.25, 0.3) is 0 Å². The van der Waals surface area contributed by atoms with Crippen molar-refractivity contribution in [2.45, 2.75) is 82.2 Å². The molecule has 4 aromatic rings. The minimum atomic E-state index is -4.80. The van der Waals surface area contributed by atoms with Gasteiger partial charge in [0.1, 0.15) is 18.0 Å². The van der Waals surface area contributed by atoms with Gasteiger partial charge in [-0.3, -0.25) is 4.68 Å². The summed E-state index contributed by atoms with van der Waals surface area (Å²) in [6.07, 6.45) is 3.39. The lowest BCUT2D eigenvalue weighted by atomic mass is 9.71. The number of halogens is 4. The number of likely N-dealkylation sites (tertiary alicyclic amines) is 2. The standard InChI is InChI=1S/C41H50F4N8O5S/c1-39(2,55)28-52-26-31(23-47-52)36-33(41(43,44)45)24-46-37(49-36)48-35-9-8-32(22-34(35)42)59(56,57)53-16-10-29(11-17-53)25-50-18-12-40(13-19-50)14-20-51(21-15-40)38(54)58-27-30-6-4-3-5-7-30/h3-9,22-24,26,29,55H,10-21,25,27-28H2,1-2H3,(H,46,48,49). The first-order valence-corrected chi connectivity index (χ1v) is 21.3. The Balaban J connectivity index is 0.893. The number of alkyl halides is 3. The third kappa shape index (κ3) is 10.4. The van der Waals surface area contributed by atoms with Crippen molar-refractivity contribution in [1.29, 1.82) is 0 Å². The van der Waals surface area contributed by atoms with Gasteiger partial charge < -0.3 is 25.0 Å². The summed E-state index contributed by atoms with van der Waals surface area (Å²) in [5.74, 6) is -0.962.